The third-order valence-electron chi connectivity index (χ3n) is 2.43. The molecule has 0 amide bonds. The quantitative estimate of drug-likeness (QED) is 0.849. The van der Waals surface area contributed by atoms with Gasteiger partial charge in [-0.3, -0.25) is 4.68 Å². The molecule has 1 atom stereocenters. The molecule has 3 nitrogen and oxygen atoms in total. The van der Waals surface area contributed by atoms with E-state index < -0.39 is 6.10 Å². The highest BCUT2D eigenvalue weighted by Gasteiger charge is 2.12. The first-order valence-electron chi connectivity index (χ1n) is 5.22. The molecule has 5 heteroatoms. The Balaban J connectivity index is 2.00. The third kappa shape index (κ3) is 2.87. The number of hydrogen-bond donors (Lipinski definition) is 1. The van der Waals surface area contributed by atoms with E-state index in [0.717, 1.165) is 5.69 Å². The molecule has 2 rings (SSSR count). The summed E-state index contributed by atoms with van der Waals surface area (Å²) in [5.41, 5.74) is 0.730. The molecule has 2 aromatic rings. The maximum Gasteiger partial charge on any atom is 0.136 e. The van der Waals surface area contributed by atoms with Gasteiger partial charge in [0.05, 0.1) is 5.69 Å². The fourth-order valence-corrected chi connectivity index (χ4v) is 2.42. The van der Waals surface area contributed by atoms with Crippen LogP contribution >= 0.6 is 11.8 Å². The van der Waals surface area contributed by atoms with Gasteiger partial charge in [-0.05, 0) is 18.2 Å². The molecule has 17 heavy (non-hydrogen) atoms. The van der Waals surface area contributed by atoms with Crippen LogP contribution < -0.4 is 0 Å². The minimum atomic E-state index is -0.646. The Kier molecular flexibility index (Phi) is 3.81. The SMILES string of the molecule is Cn1nccc1C(O)CSc1ccccc1F. The highest BCUT2D eigenvalue weighted by Crippen LogP contribution is 2.26. The molecule has 0 aliphatic heterocycles. The molecule has 0 aliphatic rings. The number of aliphatic hydroxyl groups excluding tert-OH is 1. The Labute approximate surface area is 103 Å². The molecule has 90 valence electrons. The summed E-state index contributed by atoms with van der Waals surface area (Å²) in [6.45, 7) is 0. The number of rotatable bonds is 4. The van der Waals surface area contributed by atoms with Gasteiger partial charge >= 0.3 is 0 Å². The van der Waals surface area contributed by atoms with E-state index in [-0.39, 0.29) is 5.82 Å². The highest BCUT2D eigenvalue weighted by molar-refractivity contribution is 7.99. The number of aromatic nitrogens is 2. The van der Waals surface area contributed by atoms with Crippen molar-refractivity contribution in [3.63, 3.8) is 0 Å². The second-order valence-electron chi connectivity index (χ2n) is 3.64. The van der Waals surface area contributed by atoms with Crippen LogP contribution in [0.1, 0.15) is 11.8 Å². The van der Waals surface area contributed by atoms with Crippen LogP contribution in [0.25, 0.3) is 0 Å². The van der Waals surface area contributed by atoms with Crippen molar-refractivity contribution >= 4 is 11.8 Å². The van der Waals surface area contributed by atoms with Gasteiger partial charge in [-0.15, -0.1) is 11.8 Å². The predicted molar refractivity (Wildman–Crippen MR) is 65.3 cm³/mol. The van der Waals surface area contributed by atoms with Crippen LogP contribution in [0, 0.1) is 5.82 Å². The molecule has 1 aromatic carbocycles. The first-order valence-corrected chi connectivity index (χ1v) is 6.20. The predicted octanol–water partition coefficient (Wildman–Crippen LogP) is 2.38. The molecule has 0 bridgehead atoms. The van der Waals surface area contributed by atoms with E-state index >= 15 is 0 Å². The van der Waals surface area contributed by atoms with Crippen LogP contribution in [0.15, 0.2) is 41.4 Å². The lowest BCUT2D eigenvalue weighted by Gasteiger charge is -2.10. The maximum absolute atomic E-state index is 13.3. The van der Waals surface area contributed by atoms with Crippen LogP contribution in [0.5, 0.6) is 0 Å². The number of aliphatic hydroxyl groups is 1. The summed E-state index contributed by atoms with van der Waals surface area (Å²) >= 11 is 1.30. The summed E-state index contributed by atoms with van der Waals surface area (Å²) in [4.78, 5) is 0.550. The molecule has 0 aliphatic carbocycles. The Bertz CT molecular complexity index is 501. The molecule has 0 radical (unpaired) electrons. The minimum Gasteiger partial charge on any atom is -0.386 e. The van der Waals surface area contributed by atoms with Gasteiger partial charge in [-0.2, -0.15) is 5.10 Å². The summed E-state index contributed by atoms with van der Waals surface area (Å²) in [6, 6.07) is 8.31. The lowest BCUT2D eigenvalue weighted by Crippen LogP contribution is -2.07. The largest absolute Gasteiger partial charge is 0.386 e. The minimum absolute atomic E-state index is 0.255. The normalized spacial score (nSPS) is 12.6. The lowest BCUT2D eigenvalue weighted by molar-refractivity contribution is 0.193. The van der Waals surface area contributed by atoms with E-state index in [1.165, 1.54) is 17.8 Å². The first-order chi connectivity index (χ1) is 8.18. The molecular formula is C12H13FN2OS. The number of nitrogens with zero attached hydrogens (tertiary/aromatic N) is 2. The average Bonchev–Trinajstić information content (AvgIpc) is 2.74. The molecule has 0 saturated carbocycles. The molecule has 1 N–H and O–H groups in total. The van der Waals surface area contributed by atoms with Crippen LogP contribution in [0.4, 0.5) is 4.39 Å². The molecule has 1 aromatic heterocycles. The fourth-order valence-electron chi connectivity index (χ4n) is 1.53. The van der Waals surface area contributed by atoms with E-state index in [1.54, 1.807) is 42.2 Å². The lowest BCUT2D eigenvalue weighted by atomic mass is 10.3. The topological polar surface area (TPSA) is 38.0 Å². The zero-order chi connectivity index (χ0) is 12.3. The summed E-state index contributed by atoms with van der Waals surface area (Å²) in [6.07, 6.45) is 0.985. The van der Waals surface area contributed by atoms with Crippen molar-refractivity contribution in [1.82, 2.24) is 9.78 Å². The molecule has 0 fully saturated rings. The van der Waals surface area contributed by atoms with Crippen molar-refractivity contribution in [2.45, 2.75) is 11.0 Å². The van der Waals surface area contributed by atoms with E-state index in [4.69, 9.17) is 0 Å². The second-order valence-corrected chi connectivity index (χ2v) is 4.70. The molecular weight excluding hydrogens is 239 g/mol. The summed E-state index contributed by atoms with van der Waals surface area (Å²) < 4.78 is 15.0. The van der Waals surface area contributed by atoms with E-state index in [0.29, 0.717) is 10.6 Å². The van der Waals surface area contributed by atoms with E-state index in [9.17, 15) is 9.50 Å². The smallest absolute Gasteiger partial charge is 0.136 e. The highest BCUT2D eigenvalue weighted by atomic mass is 32.2. The monoisotopic (exact) mass is 252 g/mol. The van der Waals surface area contributed by atoms with Gasteiger partial charge < -0.3 is 5.11 Å². The molecule has 0 spiro atoms. The summed E-state index contributed by atoms with van der Waals surface area (Å²) in [7, 11) is 1.77. The second kappa shape index (κ2) is 5.33. The Morgan fingerprint density at radius 1 is 1.41 bits per heavy atom. The Morgan fingerprint density at radius 2 is 2.18 bits per heavy atom. The maximum atomic E-state index is 13.3. The third-order valence-corrected chi connectivity index (χ3v) is 3.56. The standard InChI is InChI=1S/C12H13FN2OS/c1-15-10(6-7-14-15)11(16)8-17-12-5-3-2-4-9(12)13/h2-7,11,16H,8H2,1H3. The van der Waals surface area contributed by atoms with Crippen LogP contribution in [-0.4, -0.2) is 20.6 Å². The van der Waals surface area contributed by atoms with Crippen molar-refractivity contribution in [3.05, 3.63) is 48.0 Å². The van der Waals surface area contributed by atoms with Crippen molar-refractivity contribution in [3.8, 4) is 0 Å². The Hall–Kier alpha value is -1.33. The number of thioether (sulfide) groups is 1. The fraction of sp³-hybridized carbons (Fsp3) is 0.250. The summed E-state index contributed by atoms with van der Waals surface area (Å²) in [5.74, 6) is 0.148. The Morgan fingerprint density at radius 3 is 2.82 bits per heavy atom. The van der Waals surface area contributed by atoms with E-state index in [2.05, 4.69) is 5.10 Å². The van der Waals surface area contributed by atoms with Gasteiger partial charge in [-0.1, -0.05) is 12.1 Å². The zero-order valence-electron chi connectivity index (χ0n) is 9.38. The van der Waals surface area contributed by atoms with Crippen molar-refractivity contribution in [2.75, 3.05) is 5.75 Å². The zero-order valence-corrected chi connectivity index (χ0v) is 10.2. The van der Waals surface area contributed by atoms with Gasteiger partial charge in [0, 0.05) is 23.9 Å². The van der Waals surface area contributed by atoms with Gasteiger partial charge in [0.25, 0.3) is 0 Å². The molecule has 1 unspecified atom stereocenters. The van der Waals surface area contributed by atoms with Gasteiger partial charge in [0.1, 0.15) is 11.9 Å². The van der Waals surface area contributed by atoms with Crippen molar-refractivity contribution in [1.29, 1.82) is 0 Å². The average molecular weight is 252 g/mol. The van der Waals surface area contributed by atoms with Crippen LogP contribution in [0.3, 0.4) is 0 Å². The van der Waals surface area contributed by atoms with Gasteiger partial charge in [-0.25, -0.2) is 4.39 Å². The van der Waals surface area contributed by atoms with Crippen LogP contribution in [-0.2, 0) is 7.05 Å². The van der Waals surface area contributed by atoms with Gasteiger partial charge in [0.15, 0.2) is 0 Å². The molecule has 1 heterocycles. The van der Waals surface area contributed by atoms with Crippen molar-refractivity contribution < 1.29 is 9.50 Å². The number of aryl methyl sites for hydroxylation is 1. The van der Waals surface area contributed by atoms with E-state index in [1.807, 2.05) is 0 Å². The van der Waals surface area contributed by atoms with Gasteiger partial charge in [0.2, 0.25) is 0 Å². The summed E-state index contributed by atoms with van der Waals surface area (Å²) in [5, 5.41) is 13.9. The van der Waals surface area contributed by atoms with Crippen LogP contribution in [0.2, 0.25) is 0 Å². The molecule has 0 saturated heterocycles. The number of hydrogen-bond acceptors (Lipinski definition) is 3. The first kappa shape index (κ1) is 12.1. The number of halogens is 1. The number of benzene rings is 1. The van der Waals surface area contributed by atoms with Crippen molar-refractivity contribution in [2.24, 2.45) is 7.05 Å².